The lowest BCUT2D eigenvalue weighted by Gasteiger charge is -2.15. The van der Waals surface area contributed by atoms with Gasteiger partial charge in [-0.1, -0.05) is 50.2 Å². The lowest BCUT2D eigenvalue weighted by atomic mass is 10.1. The lowest BCUT2D eigenvalue weighted by Crippen LogP contribution is -2.43. The van der Waals surface area contributed by atoms with Crippen LogP contribution in [0.25, 0.3) is 0 Å². The van der Waals surface area contributed by atoms with Gasteiger partial charge in [-0.2, -0.15) is 0 Å². The van der Waals surface area contributed by atoms with Gasteiger partial charge in [-0.25, -0.2) is 4.39 Å². The fraction of sp³-hybridized carbons (Fsp3) is 0.286. The van der Waals surface area contributed by atoms with Crippen molar-refractivity contribution >= 4 is 17.7 Å². The van der Waals surface area contributed by atoms with Crippen LogP contribution in [0.5, 0.6) is 5.75 Å². The highest BCUT2D eigenvalue weighted by atomic mass is 19.1. The maximum Gasteiger partial charge on any atom is 0.305 e. The van der Waals surface area contributed by atoms with Crippen molar-refractivity contribution in [1.29, 1.82) is 0 Å². The largest absolute Gasteiger partial charge is 0.489 e. The highest BCUT2D eigenvalue weighted by Crippen LogP contribution is 2.15. The van der Waals surface area contributed by atoms with E-state index in [1.807, 2.05) is 44.2 Å². The number of rotatable bonds is 9. The minimum atomic E-state index is -1.42. The highest BCUT2D eigenvalue weighted by molar-refractivity contribution is 5.99. The molecule has 0 aliphatic heterocycles. The molecule has 0 aliphatic rings. The fourth-order valence-corrected chi connectivity index (χ4v) is 2.22. The number of Topliss-reactive ketones (excluding diaryl/α,β-unsaturated/α-hetero) is 1. The maximum atomic E-state index is 12.6. The second-order valence-corrected chi connectivity index (χ2v) is 5.53. The molecule has 0 fully saturated rings. The average molecular weight is 389 g/mol. The number of carbonyl (C=O) groups excluding carboxylic acids is 2. The van der Waals surface area contributed by atoms with Crippen LogP contribution in [0, 0.1) is 0 Å². The molecule has 2 N–H and O–H groups in total. The summed E-state index contributed by atoms with van der Waals surface area (Å²) in [4.78, 5) is 34.5. The highest BCUT2D eigenvalue weighted by Gasteiger charge is 2.24. The van der Waals surface area contributed by atoms with Crippen molar-refractivity contribution in [1.82, 2.24) is 5.32 Å². The van der Waals surface area contributed by atoms with Crippen LogP contribution in [0.2, 0.25) is 0 Å². The summed E-state index contributed by atoms with van der Waals surface area (Å²) in [5.74, 6) is -2.54. The number of carboxylic acids is 1. The smallest absolute Gasteiger partial charge is 0.305 e. The third-order valence-electron chi connectivity index (χ3n) is 3.55. The van der Waals surface area contributed by atoms with Crippen molar-refractivity contribution in [3.63, 3.8) is 0 Å². The minimum Gasteiger partial charge on any atom is -0.489 e. The van der Waals surface area contributed by atoms with Gasteiger partial charge < -0.3 is 15.2 Å². The first-order valence-electron chi connectivity index (χ1n) is 8.87. The topological polar surface area (TPSA) is 92.7 Å². The molecule has 6 nitrogen and oxygen atoms in total. The Balaban J connectivity index is 0.00000190. The van der Waals surface area contributed by atoms with Gasteiger partial charge in [0.1, 0.15) is 25.1 Å². The number of alkyl halides is 1. The molecule has 2 rings (SSSR count). The zero-order valence-corrected chi connectivity index (χ0v) is 15.9. The number of ketones is 1. The first-order chi connectivity index (χ1) is 13.5. The number of hydrogen-bond donors (Lipinski definition) is 2. The Kier molecular flexibility index (Phi) is 9.96. The van der Waals surface area contributed by atoms with Crippen LogP contribution >= 0.6 is 0 Å². The fourth-order valence-electron chi connectivity index (χ4n) is 2.22. The molecule has 1 amide bonds. The zero-order chi connectivity index (χ0) is 20.9. The Morgan fingerprint density at radius 1 is 1.07 bits per heavy atom. The first kappa shape index (κ1) is 22.8. The molecule has 0 radical (unpaired) electrons. The van der Waals surface area contributed by atoms with Crippen molar-refractivity contribution in [2.24, 2.45) is 0 Å². The molecule has 0 saturated heterocycles. The molecule has 7 heteroatoms. The molecule has 0 bridgehead atoms. The van der Waals surface area contributed by atoms with Gasteiger partial charge >= 0.3 is 5.97 Å². The van der Waals surface area contributed by atoms with E-state index in [-0.39, 0.29) is 5.56 Å². The number of ether oxygens (including phenoxy) is 1. The summed E-state index contributed by atoms with van der Waals surface area (Å²) in [5.41, 5.74) is 1.13. The van der Waals surface area contributed by atoms with Crippen molar-refractivity contribution in [3.8, 4) is 5.75 Å². The maximum absolute atomic E-state index is 12.6. The van der Waals surface area contributed by atoms with Crippen LogP contribution in [0.4, 0.5) is 4.39 Å². The molecule has 2 aromatic carbocycles. The van der Waals surface area contributed by atoms with Gasteiger partial charge in [0.15, 0.2) is 5.78 Å². The molecule has 150 valence electrons. The molecule has 2 aromatic rings. The molecule has 0 aromatic heterocycles. The Bertz CT molecular complexity index is 779. The van der Waals surface area contributed by atoms with Crippen LogP contribution in [0.15, 0.2) is 54.6 Å². The molecule has 28 heavy (non-hydrogen) atoms. The molecule has 0 aliphatic carbocycles. The quantitative estimate of drug-likeness (QED) is 0.686. The van der Waals surface area contributed by atoms with Gasteiger partial charge in [0.2, 0.25) is 0 Å². The SMILES string of the molecule is CC.O=C(O)CC(NC(=O)c1cccc(OCc2ccccc2)c1)C(=O)CF. The summed E-state index contributed by atoms with van der Waals surface area (Å²) < 4.78 is 18.2. The second kappa shape index (κ2) is 12.2. The van der Waals surface area contributed by atoms with Crippen LogP contribution < -0.4 is 10.1 Å². The minimum absolute atomic E-state index is 0.178. The third kappa shape index (κ3) is 7.57. The molecular weight excluding hydrogens is 365 g/mol. The molecule has 1 unspecified atom stereocenters. The number of aliphatic carboxylic acids is 1. The molecule has 0 heterocycles. The Morgan fingerprint density at radius 3 is 2.36 bits per heavy atom. The molecular formula is C21H24FNO5. The van der Waals surface area contributed by atoms with E-state index >= 15 is 0 Å². The first-order valence-corrected chi connectivity index (χ1v) is 8.87. The monoisotopic (exact) mass is 389 g/mol. The summed E-state index contributed by atoms with van der Waals surface area (Å²) in [7, 11) is 0. The van der Waals surface area contributed by atoms with Crippen LogP contribution in [-0.2, 0) is 16.2 Å². The average Bonchev–Trinajstić information content (AvgIpc) is 2.73. The summed E-state index contributed by atoms with van der Waals surface area (Å²) in [6.07, 6.45) is -0.682. The summed E-state index contributed by atoms with van der Waals surface area (Å²) in [6, 6.07) is 14.3. The van der Waals surface area contributed by atoms with E-state index in [1.165, 1.54) is 12.1 Å². The van der Waals surface area contributed by atoms with Crippen molar-refractivity contribution in [3.05, 3.63) is 65.7 Å². The zero-order valence-electron chi connectivity index (χ0n) is 15.9. The Hall–Kier alpha value is -3.22. The number of benzene rings is 2. The van der Waals surface area contributed by atoms with E-state index in [9.17, 15) is 18.8 Å². The number of carbonyl (C=O) groups is 3. The van der Waals surface area contributed by atoms with Crippen molar-refractivity contribution in [2.75, 3.05) is 6.67 Å². The van der Waals surface area contributed by atoms with Gasteiger partial charge in [0.25, 0.3) is 5.91 Å². The van der Waals surface area contributed by atoms with E-state index in [4.69, 9.17) is 9.84 Å². The summed E-state index contributed by atoms with van der Waals surface area (Å²) in [5, 5.41) is 11.0. The van der Waals surface area contributed by atoms with Crippen molar-refractivity contribution in [2.45, 2.75) is 32.9 Å². The van der Waals surface area contributed by atoms with E-state index in [2.05, 4.69) is 5.32 Å². The van der Waals surface area contributed by atoms with Gasteiger partial charge in [0, 0.05) is 5.56 Å². The Labute approximate surface area is 163 Å². The van der Waals surface area contributed by atoms with Gasteiger partial charge in [0.05, 0.1) is 6.42 Å². The predicted molar refractivity (Wildman–Crippen MR) is 103 cm³/mol. The van der Waals surface area contributed by atoms with Gasteiger partial charge in [-0.15, -0.1) is 0 Å². The number of carboxylic acid groups (broad SMARTS) is 1. The van der Waals surface area contributed by atoms with E-state index in [0.717, 1.165) is 5.56 Å². The molecule has 0 spiro atoms. The van der Waals surface area contributed by atoms with E-state index < -0.39 is 36.8 Å². The lowest BCUT2D eigenvalue weighted by molar-refractivity contribution is -0.139. The van der Waals surface area contributed by atoms with Gasteiger partial charge in [-0.3, -0.25) is 14.4 Å². The molecule has 1 atom stereocenters. The summed E-state index contributed by atoms with van der Waals surface area (Å²) >= 11 is 0. The van der Waals surface area contributed by atoms with Crippen molar-refractivity contribution < 1.29 is 28.6 Å². The normalized spacial score (nSPS) is 10.8. The van der Waals surface area contributed by atoms with Crippen LogP contribution in [0.3, 0.4) is 0 Å². The van der Waals surface area contributed by atoms with Gasteiger partial charge in [-0.05, 0) is 23.8 Å². The van der Waals surface area contributed by atoms with Crippen LogP contribution in [-0.4, -0.2) is 35.5 Å². The van der Waals surface area contributed by atoms with Crippen LogP contribution in [0.1, 0.15) is 36.2 Å². The standard InChI is InChI=1S/C19H18FNO5.C2H6/c20-11-17(22)16(10-18(23)24)21-19(25)14-7-4-8-15(9-14)26-12-13-5-2-1-3-6-13;1-2/h1-9,16H,10-12H2,(H,21,25)(H,23,24);1-2H3. The second-order valence-electron chi connectivity index (χ2n) is 5.53. The van der Waals surface area contributed by atoms with E-state index in [1.54, 1.807) is 12.1 Å². The number of hydrogen-bond acceptors (Lipinski definition) is 4. The number of nitrogens with one attached hydrogen (secondary N) is 1. The number of halogens is 1. The Morgan fingerprint density at radius 2 is 1.75 bits per heavy atom. The number of amides is 1. The third-order valence-corrected chi connectivity index (χ3v) is 3.55. The van der Waals surface area contributed by atoms with E-state index in [0.29, 0.717) is 12.4 Å². The molecule has 0 saturated carbocycles. The summed E-state index contributed by atoms with van der Waals surface area (Å²) in [6.45, 7) is 2.96. The predicted octanol–water partition coefficient (Wildman–Crippen LogP) is 3.40.